The molecule has 0 saturated carbocycles. The number of hydrogen-bond donors (Lipinski definition) is 2. The molecule has 0 aliphatic carbocycles. The number of aromatic nitrogens is 4. The van der Waals surface area contributed by atoms with Crippen LogP contribution in [0.25, 0.3) is 16.7 Å². The number of aryl methyl sites for hydroxylation is 1. The van der Waals surface area contributed by atoms with Crippen LogP contribution in [0.3, 0.4) is 0 Å². The lowest BCUT2D eigenvalue weighted by Gasteiger charge is -2.11. The topological polar surface area (TPSA) is 75.6 Å². The lowest BCUT2D eigenvalue weighted by Crippen LogP contribution is -2.23. The Bertz CT molecular complexity index is 1070. The van der Waals surface area contributed by atoms with Gasteiger partial charge in [-0.05, 0) is 29.8 Å². The van der Waals surface area contributed by atoms with Crippen molar-refractivity contribution >= 4 is 16.9 Å². The zero-order valence-electron chi connectivity index (χ0n) is 14.5. The Morgan fingerprint density at radius 3 is 2.96 bits per heavy atom. The van der Waals surface area contributed by atoms with E-state index < -0.39 is 0 Å². The number of amides is 1. The van der Waals surface area contributed by atoms with Crippen LogP contribution in [0.1, 0.15) is 17.8 Å². The van der Waals surface area contributed by atoms with Crippen molar-refractivity contribution in [1.82, 2.24) is 24.8 Å². The second-order valence-electron chi connectivity index (χ2n) is 6.22. The van der Waals surface area contributed by atoms with Crippen LogP contribution >= 0.6 is 0 Å². The number of carbonyl (C=O) groups excluding carboxylic acids is 1. The van der Waals surface area contributed by atoms with E-state index in [1.807, 2.05) is 35.0 Å². The van der Waals surface area contributed by atoms with E-state index in [0.717, 1.165) is 11.3 Å². The first-order chi connectivity index (χ1) is 13.2. The van der Waals surface area contributed by atoms with Crippen molar-refractivity contribution in [2.24, 2.45) is 0 Å². The number of benzene rings is 2. The van der Waals surface area contributed by atoms with Crippen molar-refractivity contribution < 1.29 is 9.18 Å². The fourth-order valence-electron chi connectivity index (χ4n) is 2.98. The SMILES string of the molecule is O=C(CCc1nc2ccc(F)cc2[nH]1)NCc1ccccc1-n1ccnc1. The van der Waals surface area contributed by atoms with Crippen molar-refractivity contribution in [3.63, 3.8) is 0 Å². The summed E-state index contributed by atoms with van der Waals surface area (Å²) in [7, 11) is 0. The minimum atomic E-state index is -0.313. The summed E-state index contributed by atoms with van der Waals surface area (Å²) in [6, 6.07) is 12.2. The number of imidazole rings is 2. The van der Waals surface area contributed by atoms with E-state index >= 15 is 0 Å². The standard InChI is InChI=1S/C20H18FN5O/c21-15-5-6-16-17(11-15)25-19(24-16)7-8-20(27)23-12-14-3-1-2-4-18(14)26-10-9-22-13-26/h1-6,9-11,13H,7-8,12H2,(H,23,27)(H,24,25). The number of para-hydroxylation sites is 1. The highest BCUT2D eigenvalue weighted by atomic mass is 19.1. The molecule has 4 rings (SSSR count). The Kier molecular flexibility index (Phi) is 4.65. The number of aromatic amines is 1. The van der Waals surface area contributed by atoms with E-state index in [1.54, 1.807) is 18.6 Å². The van der Waals surface area contributed by atoms with Gasteiger partial charge < -0.3 is 14.9 Å². The van der Waals surface area contributed by atoms with Gasteiger partial charge in [-0.2, -0.15) is 0 Å². The normalized spacial score (nSPS) is 11.0. The van der Waals surface area contributed by atoms with E-state index in [4.69, 9.17) is 0 Å². The molecule has 6 nitrogen and oxygen atoms in total. The molecule has 0 bridgehead atoms. The number of hydrogen-bond acceptors (Lipinski definition) is 3. The Labute approximate surface area is 155 Å². The van der Waals surface area contributed by atoms with Gasteiger partial charge in [0.25, 0.3) is 0 Å². The highest BCUT2D eigenvalue weighted by molar-refractivity contribution is 5.77. The molecular weight excluding hydrogens is 345 g/mol. The number of carbonyl (C=O) groups is 1. The van der Waals surface area contributed by atoms with Crippen LogP contribution in [0.5, 0.6) is 0 Å². The number of nitrogens with zero attached hydrogens (tertiary/aromatic N) is 3. The number of halogens is 1. The van der Waals surface area contributed by atoms with Crippen LogP contribution < -0.4 is 5.32 Å². The van der Waals surface area contributed by atoms with Crippen molar-refractivity contribution in [3.05, 3.63) is 78.4 Å². The summed E-state index contributed by atoms with van der Waals surface area (Å²) in [4.78, 5) is 23.7. The highest BCUT2D eigenvalue weighted by Crippen LogP contribution is 2.15. The quantitative estimate of drug-likeness (QED) is 0.553. The average molecular weight is 363 g/mol. The molecule has 0 aliphatic rings. The summed E-state index contributed by atoms with van der Waals surface area (Å²) in [5.41, 5.74) is 3.32. The summed E-state index contributed by atoms with van der Waals surface area (Å²) in [6.07, 6.45) is 6.07. The summed E-state index contributed by atoms with van der Waals surface area (Å²) in [5, 5.41) is 2.94. The van der Waals surface area contributed by atoms with Gasteiger partial charge in [-0.1, -0.05) is 18.2 Å². The van der Waals surface area contributed by atoms with E-state index in [-0.39, 0.29) is 11.7 Å². The highest BCUT2D eigenvalue weighted by Gasteiger charge is 2.09. The molecule has 2 aromatic heterocycles. The molecule has 136 valence electrons. The molecule has 0 spiro atoms. The number of fused-ring (bicyclic) bond motifs is 1. The number of nitrogens with one attached hydrogen (secondary N) is 2. The maximum atomic E-state index is 13.2. The van der Waals surface area contributed by atoms with Crippen molar-refractivity contribution in [2.45, 2.75) is 19.4 Å². The zero-order valence-corrected chi connectivity index (χ0v) is 14.5. The van der Waals surface area contributed by atoms with E-state index in [9.17, 15) is 9.18 Å². The monoisotopic (exact) mass is 363 g/mol. The van der Waals surface area contributed by atoms with Crippen LogP contribution in [0.2, 0.25) is 0 Å². The van der Waals surface area contributed by atoms with Gasteiger partial charge in [-0.3, -0.25) is 4.79 Å². The van der Waals surface area contributed by atoms with Gasteiger partial charge in [0.15, 0.2) is 0 Å². The minimum Gasteiger partial charge on any atom is -0.352 e. The minimum absolute atomic E-state index is 0.0675. The molecule has 2 N–H and O–H groups in total. The Hall–Kier alpha value is -3.48. The Morgan fingerprint density at radius 1 is 1.22 bits per heavy atom. The predicted octanol–water partition coefficient (Wildman–Crippen LogP) is 3.14. The van der Waals surface area contributed by atoms with Gasteiger partial charge in [0.05, 0.1) is 23.0 Å². The fourth-order valence-corrected chi connectivity index (χ4v) is 2.98. The molecule has 0 radical (unpaired) electrons. The van der Waals surface area contributed by atoms with E-state index in [2.05, 4.69) is 20.3 Å². The lowest BCUT2D eigenvalue weighted by atomic mass is 10.1. The lowest BCUT2D eigenvalue weighted by molar-refractivity contribution is -0.121. The molecule has 0 atom stereocenters. The second-order valence-corrected chi connectivity index (χ2v) is 6.22. The van der Waals surface area contributed by atoms with Gasteiger partial charge in [-0.25, -0.2) is 14.4 Å². The summed E-state index contributed by atoms with van der Waals surface area (Å²) in [5.74, 6) is 0.290. The first-order valence-electron chi connectivity index (χ1n) is 8.66. The smallest absolute Gasteiger partial charge is 0.220 e. The summed E-state index contributed by atoms with van der Waals surface area (Å²) < 4.78 is 15.2. The Morgan fingerprint density at radius 2 is 2.11 bits per heavy atom. The molecule has 2 aromatic carbocycles. The largest absolute Gasteiger partial charge is 0.352 e. The third kappa shape index (κ3) is 3.87. The van der Waals surface area contributed by atoms with Gasteiger partial charge in [0.1, 0.15) is 11.6 Å². The maximum Gasteiger partial charge on any atom is 0.220 e. The molecule has 0 aliphatic heterocycles. The fraction of sp³-hybridized carbons (Fsp3) is 0.150. The van der Waals surface area contributed by atoms with Crippen molar-refractivity contribution in [3.8, 4) is 5.69 Å². The molecule has 0 fully saturated rings. The Balaban J connectivity index is 1.36. The third-order valence-corrected chi connectivity index (χ3v) is 4.33. The summed E-state index contributed by atoms with van der Waals surface area (Å²) in [6.45, 7) is 0.429. The van der Waals surface area contributed by atoms with Gasteiger partial charge in [-0.15, -0.1) is 0 Å². The molecule has 2 heterocycles. The summed E-state index contributed by atoms with van der Waals surface area (Å²) >= 11 is 0. The van der Waals surface area contributed by atoms with Crippen molar-refractivity contribution in [1.29, 1.82) is 0 Å². The number of H-pyrrole nitrogens is 1. The molecule has 0 saturated heterocycles. The molecule has 4 aromatic rings. The van der Waals surface area contributed by atoms with E-state index in [0.29, 0.717) is 36.2 Å². The third-order valence-electron chi connectivity index (χ3n) is 4.33. The van der Waals surface area contributed by atoms with Crippen LogP contribution in [-0.4, -0.2) is 25.4 Å². The molecule has 27 heavy (non-hydrogen) atoms. The average Bonchev–Trinajstić information content (AvgIpc) is 3.34. The predicted molar refractivity (Wildman–Crippen MR) is 99.8 cm³/mol. The molecule has 0 unspecified atom stereocenters. The van der Waals surface area contributed by atoms with Crippen LogP contribution in [0.15, 0.2) is 61.2 Å². The van der Waals surface area contributed by atoms with Gasteiger partial charge >= 0.3 is 0 Å². The van der Waals surface area contributed by atoms with E-state index in [1.165, 1.54) is 12.1 Å². The van der Waals surface area contributed by atoms with Crippen LogP contribution in [-0.2, 0) is 17.8 Å². The number of rotatable bonds is 6. The zero-order chi connectivity index (χ0) is 18.6. The van der Waals surface area contributed by atoms with Gasteiger partial charge in [0, 0.05) is 31.8 Å². The first-order valence-corrected chi connectivity index (χ1v) is 8.66. The van der Waals surface area contributed by atoms with Crippen molar-refractivity contribution in [2.75, 3.05) is 0 Å². The van der Waals surface area contributed by atoms with Gasteiger partial charge in [0.2, 0.25) is 5.91 Å². The molecule has 7 heteroatoms. The molecule has 1 amide bonds. The van der Waals surface area contributed by atoms with Crippen LogP contribution in [0.4, 0.5) is 4.39 Å². The maximum absolute atomic E-state index is 13.2. The van der Waals surface area contributed by atoms with Crippen LogP contribution in [0, 0.1) is 5.82 Å². The molecular formula is C20H18FN5O. The second kappa shape index (κ2) is 7.41. The first kappa shape index (κ1) is 17.0.